The minimum Gasteiger partial charge on any atom is -0.476 e. The number of amides is 1. The van der Waals surface area contributed by atoms with Gasteiger partial charge in [0, 0.05) is 23.8 Å². The predicted octanol–water partition coefficient (Wildman–Crippen LogP) is 3.09. The summed E-state index contributed by atoms with van der Waals surface area (Å²) in [4.78, 5) is 17.2. The Morgan fingerprint density at radius 2 is 2.11 bits per heavy atom. The lowest BCUT2D eigenvalue weighted by Crippen LogP contribution is -2.36. The van der Waals surface area contributed by atoms with Crippen molar-refractivity contribution in [3.8, 4) is 5.88 Å². The minimum atomic E-state index is -0.487. The van der Waals surface area contributed by atoms with Gasteiger partial charge in [-0.2, -0.15) is 0 Å². The number of ether oxygens (including phenoxy) is 2. The van der Waals surface area contributed by atoms with Gasteiger partial charge in [0.05, 0.1) is 6.54 Å². The van der Waals surface area contributed by atoms with E-state index in [0.29, 0.717) is 19.0 Å². The molecule has 5 nitrogen and oxygen atoms in total. The zero-order valence-electron chi connectivity index (χ0n) is 11.6. The molecular formula is C13H19BrN2O3. The molecular weight excluding hydrogens is 312 g/mol. The molecule has 0 aliphatic heterocycles. The average Bonchev–Trinajstić information content (AvgIpc) is 2.29. The number of nitrogens with zero attached hydrogens (tertiary/aromatic N) is 2. The summed E-state index contributed by atoms with van der Waals surface area (Å²) in [6.07, 6.45) is 1.30. The Morgan fingerprint density at radius 1 is 1.42 bits per heavy atom. The summed E-state index contributed by atoms with van der Waals surface area (Å²) in [6, 6.07) is 3.61. The van der Waals surface area contributed by atoms with Gasteiger partial charge in [0.1, 0.15) is 12.2 Å². The monoisotopic (exact) mass is 330 g/mol. The number of hydrogen-bond donors (Lipinski definition) is 0. The lowest BCUT2D eigenvalue weighted by atomic mass is 10.2. The highest BCUT2D eigenvalue weighted by molar-refractivity contribution is 9.10. The van der Waals surface area contributed by atoms with Crippen molar-refractivity contribution < 1.29 is 14.3 Å². The van der Waals surface area contributed by atoms with Crippen LogP contribution in [0.4, 0.5) is 4.79 Å². The van der Waals surface area contributed by atoms with Crippen molar-refractivity contribution in [3.63, 3.8) is 0 Å². The number of halogens is 1. The molecule has 0 bridgehead atoms. The number of hydrogen-bond acceptors (Lipinski definition) is 4. The number of pyridine rings is 1. The van der Waals surface area contributed by atoms with Crippen LogP contribution in [0.1, 0.15) is 20.8 Å². The van der Waals surface area contributed by atoms with Gasteiger partial charge >= 0.3 is 6.09 Å². The Balaban J connectivity index is 2.32. The highest BCUT2D eigenvalue weighted by Crippen LogP contribution is 2.12. The molecule has 0 saturated heterocycles. The number of aromatic nitrogens is 1. The maximum atomic E-state index is 11.7. The molecule has 1 aromatic heterocycles. The van der Waals surface area contributed by atoms with Gasteiger partial charge in [0.25, 0.3) is 0 Å². The van der Waals surface area contributed by atoms with Crippen molar-refractivity contribution in [2.75, 3.05) is 20.2 Å². The summed E-state index contributed by atoms with van der Waals surface area (Å²) >= 11 is 3.30. The molecule has 1 aromatic rings. The second-order valence-corrected chi connectivity index (χ2v) is 5.98. The van der Waals surface area contributed by atoms with Crippen LogP contribution in [-0.2, 0) is 4.74 Å². The van der Waals surface area contributed by atoms with Gasteiger partial charge in [-0.05, 0) is 42.8 Å². The normalized spacial score (nSPS) is 11.0. The van der Waals surface area contributed by atoms with E-state index in [1.165, 1.54) is 4.90 Å². The molecule has 6 heteroatoms. The molecule has 0 aliphatic rings. The van der Waals surface area contributed by atoms with E-state index in [0.717, 1.165) is 4.47 Å². The van der Waals surface area contributed by atoms with E-state index in [9.17, 15) is 4.79 Å². The zero-order valence-corrected chi connectivity index (χ0v) is 13.2. The van der Waals surface area contributed by atoms with Crippen LogP contribution in [-0.4, -0.2) is 41.8 Å². The molecule has 0 unspecified atom stereocenters. The van der Waals surface area contributed by atoms with Crippen molar-refractivity contribution >= 4 is 22.0 Å². The summed E-state index contributed by atoms with van der Waals surface area (Å²) in [5.74, 6) is 0.529. The van der Waals surface area contributed by atoms with Crippen LogP contribution in [0.2, 0.25) is 0 Å². The third-order valence-electron chi connectivity index (χ3n) is 2.08. The molecule has 1 rings (SSSR count). The first-order chi connectivity index (χ1) is 8.78. The van der Waals surface area contributed by atoms with Gasteiger partial charge in [-0.15, -0.1) is 0 Å². The van der Waals surface area contributed by atoms with Gasteiger partial charge < -0.3 is 14.4 Å². The number of likely N-dealkylation sites (N-methyl/N-ethyl adjacent to an activating group) is 1. The van der Waals surface area contributed by atoms with E-state index in [4.69, 9.17) is 9.47 Å². The average molecular weight is 331 g/mol. The van der Waals surface area contributed by atoms with Crippen molar-refractivity contribution in [1.29, 1.82) is 0 Å². The SMILES string of the molecule is CN(CCOc1ccc(Br)cn1)C(=O)OC(C)(C)C. The summed E-state index contributed by atoms with van der Waals surface area (Å²) in [6.45, 7) is 6.31. The van der Waals surface area contributed by atoms with Crippen LogP contribution in [0.15, 0.2) is 22.8 Å². The van der Waals surface area contributed by atoms with Crippen molar-refractivity contribution in [2.45, 2.75) is 26.4 Å². The fourth-order valence-corrected chi connectivity index (χ4v) is 1.40. The van der Waals surface area contributed by atoms with Gasteiger partial charge in [-0.1, -0.05) is 0 Å². The highest BCUT2D eigenvalue weighted by atomic mass is 79.9. The lowest BCUT2D eigenvalue weighted by molar-refractivity contribution is 0.0277. The Kier molecular flexibility index (Phi) is 5.60. The quantitative estimate of drug-likeness (QED) is 0.851. The number of carbonyl (C=O) groups is 1. The van der Waals surface area contributed by atoms with E-state index in [2.05, 4.69) is 20.9 Å². The zero-order chi connectivity index (χ0) is 14.5. The first kappa shape index (κ1) is 15.8. The van der Waals surface area contributed by atoms with Gasteiger partial charge in [-0.25, -0.2) is 9.78 Å². The maximum Gasteiger partial charge on any atom is 0.410 e. The Labute approximate surface area is 122 Å². The molecule has 0 N–H and O–H groups in total. The van der Waals surface area contributed by atoms with Gasteiger partial charge in [-0.3, -0.25) is 0 Å². The molecule has 0 atom stereocenters. The van der Waals surface area contributed by atoms with Crippen molar-refractivity contribution in [3.05, 3.63) is 22.8 Å². The standard InChI is InChI=1S/C13H19BrN2O3/c1-13(2,3)19-12(17)16(4)7-8-18-11-6-5-10(14)9-15-11/h5-6,9H,7-8H2,1-4H3. The predicted molar refractivity (Wildman–Crippen MR) is 76.3 cm³/mol. The van der Waals surface area contributed by atoms with Crippen LogP contribution in [0.25, 0.3) is 0 Å². The fraction of sp³-hybridized carbons (Fsp3) is 0.538. The summed E-state index contributed by atoms with van der Waals surface area (Å²) in [7, 11) is 1.67. The molecule has 106 valence electrons. The molecule has 0 aliphatic carbocycles. The topological polar surface area (TPSA) is 51.7 Å². The van der Waals surface area contributed by atoms with Crippen LogP contribution in [0, 0.1) is 0 Å². The molecule has 0 fully saturated rings. The minimum absolute atomic E-state index is 0.361. The van der Waals surface area contributed by atoms with Crippen LogP contribution in [0.3, 0.4) is 0 Å². The van der Waals surface area contributed by atoms with E-state index in [-0.39, 0.29) is 6.09 Å². The van der Waals surface area contributed by atoms with Crippen LogP contribution in [0.5, 0.6) is 5.88 Å². The largest absolute Gasteiger partial charge is 0.476 e. The molecule has 0 radical (unpaired) electrons. The summed E-state index contributed by atoms with van der Waals surface area (Å²) < 4.78 is 11.6. The van der Waals surface area contributed by atoms with Crippen LogP contribution >= 0.6 is 15.9 Å². The third kappa shape index (κ3) is 6.42. The lowest BCUT2D eigenvalue weighted by Gasteiger charge is -2.24. The van der Waals surface area contributed by atoms with Gasteiger partial charge in [0.15, 0.2) is 0 Å². The van der Waals surface area contributed by atoms with E-state index in [1.54, 1.807) is 19.3 Å². The molecule has 0 saturated carbocycles. The first-order valence-electron chi connectivity index (χ1n) is 5.96. The third-order valence-corrected chi connectivity index (χ3v) is 2.55. The molecule has 0 aromatic carbocycles. The first-order valence-corrected chi connectivity index (χ1v) is 6.76. The molecule has 1 heterocycles. The van der Waals surface area contributed by atoms with Crippen molar-refractivity contribution in [2.24, 2.45) is 0 Å². The second kappa shape index (κ2) is 6.75. The van der Waals surface area contributed by atoms with Crippen LogP contribution < -0.4 is 4.74 Å². The van der Waals surface area contributed by atoms with Gasteiger partial charge in [0.2, 0.25) is 5.88 Å². The second-order valence-electron chi connectivity index (χ2n) is 5.07. The maximum absolute atomic E-state index is 11.7. The Hall–Kier alpha value is -1.30. The van der Waals surface area contributed by atoms with Crippen molar-refractivity contribution in [1.82, 2.24) is 9.88 Å². The van der Waals surface area contributed by atoms with E-state index in [1.807, 2.05) is 26.8 Å². The van der Waals surface area contributed by atoms with E-state index < -0.39 is 5.60 Å². The summed E-state index contributed by atoms with van der Waals surface area (Å²) in [5.41, 5.74) is -0.487. The smallest absolute Gasteiger partial charge is 0.410 e. The highest BCUT2D eigenvalue weighted by Gasteiger charge is 2.19. The fourth-order valence-electron chi connectivity index (χ4n) is 1.17. The number of carbonyl (C=O) groups excluding carboxylic acids is 1. The molecule has 19 heavy (non-hydrogen) atoms. The summed E-state index contributed by atoms with van der Waals surface area (Å²) in [5, 5.41) is 0. The molecule has 0 spiro atoms. The Morgan fingerprint density at radius 3 is 2.63 bits per heavy atom. The Bertz CT molecular complexity index is 415. The number of rotatable bonds is 4. The molecule has 1 amide bonds. The van der Waals surface area contributed by atoms with E-state index >= 15 is 0 Å².